The van der Waals surface area contributed by atoms with Crippen LogP contribution >= 0.6 is 0 Å². The van der Waals surface area contributed by atoms with Crippen molar-refractivity contribution in [1.29, 1.82) is 0 Å². The van der Waals surface area contributed by atoms with Gasteiger partial charge in [0.05, 0.1) is 0 Å². The lowest BCUT2D eigenvalue weighted by atomic mass is 10.0. The SMILES string of the molecule is NCCc1cccc(NC(C(=O)Nc2ccc(N3CCCCC3=O)cc2)c2ccccc2)c1. The molecule has 0 bridgehead atoms. The molecule has 6 nitrogen and oxygen atoms in total. The molecule has 170 valence electrons. The van der Waals surface area contributed by atoms with Gasteiger partial charge in [-0.2, -0.15) is 0 Å². The summed E-state index contributed by atoms with van der Waals surface area (Å²) in [6.07, 6.45) is 3.34. The van der Waals surface area contributed by atoms with Gasteiger partial charge in [-0.25, -0.2) is 0 Å². The van der Waals surface area contributed by atoms with Crippen molar-refractivity contribution in [2.45, 2.75) is 31.7 Å². The number of amides is 2. The van der Waals surface area contributed by atoms with Crippen LogP contribution in [0.2, 0.25) is 0 Å². The minimum atomic E-state index is -0.567. The second-order valence-electron chi connectivity index (χ2n) is 8.27. The third-order valence-corrected chi connectivity index (χ3v) is 5.84. The molecular weight excluding hydrogens is 412 g/mol. The van der Waals surface area contributed by atoms with Crippen LogP contribution < -0.4 is 21.3 Å². The zero-order valence-electron chi connectivity index (χ0n) is 18.7. The van der Waals surface area contributed by atoms with Gasteiger partial charge in [-0.3, -0.25) is 9.59 Å². The normalized spacial score (nSPS) is 14.6. The summed E-state index contributed by atoms with van der Waals surface area (Å²) in [5, 5.41) is 6.39. The van der Waals surface area contributed by atoms with Crippen LogP contribution in [0.1, 0.15) is 36.4 Å². The third-order valence-electron chi connectivity index (χ3n) is 5.84. The van der Waals surface area contributed by atoms with E-state index < -0.39 is 6.04 Å². The molecule has 3 aromatic rings. The van der Waals surface area contributed by atoms with Gasteiger partial charge in [0.1, 0.15) is 6.04 Å². The number of rotatable bonds is 8. The molecule has 0 spiro atoms. The van der Waals surface area contributed by atoms with Crippen LogP contribution in [-0.4, -0.2) is 24.9 Å². The Bertz CT molecular complexity index is 1080. The zero-order chi connectivity index (χ0) is 23.0. The summed E-state index contributed by atoms with van der Waals surface area (Å²) >= 11 is 0. The Hall–Kier alpha value is -3.64. The van der Waals surface area contributed by atoms with Gasteiger partial charge in [0, 0.05) is 30.0 Å². The van der Waals surface area contributed by atoms with Crippen LogP contribution in [0.15, 0.2) is 78.9 Å². The van der Waals surface area contributed by atoms with Gasteiger partial charge in [-0.05, 0) is 73.3 Å². The topological polar surface area (TPSA) is 87.5 Å². The highest BCUT2D eigenvalue weighted by atomic mass is 16.2. The molecule has 33 heavy (non-hydrogen) atoms. The Morgan fingerprint density at radius 2 is 1.73 bits per heavy atom. The van der Waals surface area contributed by atoms with E-state index in [9.17, 15) is 9.59 Å². The lowest BCUT2D eigenvalue weighted by molar-refractivity contribution is -0.119. The van der Waals surface area contributed by atoms with Crippen molar-refractivity contribution in [1.82, 2.24) is 0 Å². The standard InChI is InChI=1S/C27H30N4O2/c28-17-16-20-7-6-10-23(19-20)29-26(21-8-2-1-3-9-21)27(33)30-22-12-14-24(15-13-22)31-18-5-4-11-25(31)32/h1-3,6-10,12-15,19,26,29H,4-5,11,16-18,28H2,(H,30,33). The number of anilines is 3. The van der Waals surface area contributed by atoms with E-state index in [4.69, 9.17) is 5.73 Å². The largest absolute Gasteiger partial charge is 0.370 e. The smallest absolute Gasteiger partial charge is 0.251 e. The summed E-state index contributed by atoms with van der Waals surface area (Å²) in [4.78, 5) is 27.3. The van der Waals surface area contributed by atoms with E-state index in [1.807, 2.05) is 83.8 Å². The van der Waals surface area contributed by atoms with Crippen molar-refractivity contribution in [2.75, 3.05) is 28.6 Å². The van der Waals surface area contributed by atoms with Gasteiger partial charge in [0.2, 0.25) is 5.91 Å². The molecule has 4 rings (SSSR count). The first-order chi connectivity index (χ1) is 16.1. The lowest BCUT2D eigenvalue weighted by Crippen LogP contribution is -2.35. The number of benzene rings is 3. The predicted octanol–water partition coefficient (Wildman–Crippen LogP) is 4.50. The molecule has 1 atom stereocenters. The Kier molecular flexibility index (Phi) is 7.37. The number of hydrogen-bond acceptors (Lipinski definition) is 4. The molecule has 1 aliphatic heterocycles. The van der Waals surface area contributed by atoms with E-state index in [1.54, 1.807) is 0 Å². The number of piperidine rings is 1. The first-order valence-electron chi connectivity index (χ1n) is 11.5. The number of carbonyl (C=O) groups excluding carboxylic acids is 2. The van der Waals surface area contributed by atoms with Crippen LogP contribution in [0, 0.1) is 0 Å². The van der Waals surface area contributed by atoms with Gasteiger partial charge in [-0.1, -0.05) is 42.5 Å². The zero-order valence-corrected chi connectivity index (χ0v) is 18.7. The second kappa shape index (κ2) is 10.8. The van der Waals surface area contributed by atoms with Crippen LogP contribution in [0.3, 0.4) is 0 Å². The van der Waals surface area contributed by atoms with E-state index in [0.717, 1.165) is 48.3 Å². The van der Waals surface area contributed by atoms with Crippen molar-refractivity contribution in [3.63, 3.8) is 0 Å². The first-order valence-corrected chi connectivity index (χ1v) is 11.5. The fourth-order valence-corrected chi connectivity index (χ4v) is 4.11. The van der Waals surface area contributed by atoms with Crippen molar-refractivity contribution >= 4 is 28.9 Å². The van der Waals surface area contributed by atoms with E-state index in [2.05, 4.69) is 10.6 Å². The molecule has 1 heterocycles. The van der Waals surface area contributed by atoms with E-state index >= 15 is 0 Å². The van der Waals surface area contributed by atoms with Crippen LogP contribution in [0.5, 0.6) is 0 Å². The molecule has 1 unspecified atom stereocenters. The molecule has 3 aromatic carbocycles. The molecule has 0 radical (unpaired) electrons. The number of carbonyl (C=O) groups is 2. The summed E-state index contributed by atoms with van der Waals surface area (Å²) in [6.45, 7) is 1.32. The third kappa shape index (κ3) is 5.79. The average molecular weight is 443 g/mol. The second-order valence-corrected chi connectivity index (χ2v) is 8.27. The Morgan fingerprint density at radius 3 is 2.45 bits per heavy atom. The minimum absolute atomic E-state index is 0.156. The van der Waals surface area contributed by atoms with E-state index in [-0.39, 0.29) is 11.8 Å². The first kappa shape index (κ1) is 22.6. The van der Waals surface area contributed by atoms with E-state index in [0.29, 0.717) is 18.7 Å². The number of nitrogens with zero attached hydrogens (tertiary/aromatic N) is 1. The fraction of sp³-hybridized carbons (Fsp3) is 0.259. The fourth-order valence-electron chi connectivity index (χ4n) is 4.11. The summed E-state index contributed by atoms with van der Waals surface area (Å²) in [5.74, 6) is -0.00419. The lowest BCUT2D eigenvalue weighted by Gasteiger charge is -2.27. The molecule has 0 aromatic heterocycles. The number of nitrogens with one attached hydrogen (secondary N) is 2. The predicted molar refractivity (Wildman–Crippen MR) is 133 cm³/mol. The molecule has 4 N–H and O–H groups in total. The van der Waals surface area contributed by atoms with Gasteiger partial charge in [-0.15, -0.1) is 0 Å². The maximum atomic E-state index is 13.3. The molecule has 1 saturated heterocycles. The maximum Gasteiger partial charge on any atom is 0.251 e. The quantitative estimate of drug-likeness (QED) is 0.479. The van der Waals surface area contributed by atoms with Gasteiger partial charge >= 0.3 is 0 Å². The van der Waals surface area contributed by atoms with Crippen molar-refractivity contribution in [3.8, 4) is 0 Å². The summed E-state index contributed by atoms with van der Waals surface area (Å²) in [5.41, 5.74) is 10.1. The minimum Gasteiger partial charge on any atom is -0.370 e. The van der Waals surface area contributed by atoms with Gasteiger partial charge in [0.15, 0.2) is 0 Å². The van der Waals surface area contributed by atoms with E-state index in [1.165, 1.54) is 0 Å². The van der Waals surface area contributed by atoms with Crippen molar-refractivity contribution in [2.24, 2.45) is 5.73 Å². The van der Waals surface area contributed by atoms with Crippen LogP contribution in [0.25, 0.3) is 0 Å². The molecule has 1 fully saturated rings. The Balaban J connectivity index is 1.51. The van der Waals surface area contributed by atoms with Crippen molar-refractivity contribution in [3.05, 3.63) is 90.0 Å². The summed E-state index contributed by atoms with van der Waals surface area (Å²) in [7, 11) is 0. The van der Waals surface area contributed by atoms with Crippen LogP contribution in [0.4, 0.5) is 17.1 Å². The van der Waals surface area contributed by atoms with Gasteiger partial charge in [0.25, 0.3) is 5.91 Å². The number of hydrogen-bond donors (Lipinski definition) is 3. The molecule has 0 aliphatic carbocycles. The molecule has 0 saturated carbocycles. The maximum absolute atomic E-state index is 13.3. The molecule has 1 aliphatic rings. The summed E-state index contributed by atoms with van der Waals surface area (Å²) < 4.78 is 0. The van der Waals surface area contributed by atoms with Crippen molar-refractivity contribution < 1.29 is 9.59 Å². The monoisotopic (exact) mass is 442 g/mol. The number of nitrogens with two attached hydrogens (primary N) is 1. The van der Waals surface area contributed by atoms with Gasteiger partial charge < -0.3 is 21.3 Å². The highest BCUT2D eigenvalue weighted by Gasteiger charge is 2.22. The Morgan fingerprint density at radius 1 is 0.939 bits per heavy atom. The highest BCUT2D eigenvalue weighted by molar-refractivity contribution is 5.98. The Labute approximate surface area is 194 Å². The average Bonchev–Trinajstić information content (AvgIpc) is 2.84. The summed E-state index contributed by atoms with van der Waals surface area (Å²) in [6, 6.07) is 24.5. The molecule has 2 amide bonds. The van der Waals surface area contributed by atoms with Crippen LogP contribution in [-0.2, 0) is 16.0 Å². The highest BCUT2D eigenvalue weighted by Crippen LogP contribution is 2.25. The molecular formula is C27H30N4O2. The molecule has 6 heteroatoms.